The first-order valence-corrected chi connectivity index (χ1v) is 18.5. The molecule has 2 fully saturated rings. The first-order chi connectivity index (χ1) is 20.9. The number of fused-ring (bicyclic) bond motifs is 1. The lowest BCUT2D eigenvalue weighted by molar-refractivity contribution is -0.127. The van der Waals surface area contributed by atoms with Crippen molar-refractivity contribution in [1.82, 2.24) is 19.5 Å². The molecule has 0 radical (unpaired) electrons. The zero-order valence-electron chi connectivity index (χ0n) is 24.6. The zero-order valence-corrected chi connectivity index (χ0v) is 26.2. The third-order valence-electron chi connectivity index (χ3n) is 8.64. The number of benzene rings is 2. The molecule has 2 saturated heterocycles. The molecule has 238 valence electrons. The van der Waals surface area contributed by atoms with E-state index in [9.17, 15) is 30.4 Å². The summed E-state index contributed by atoms with van der Waals surface area (Å²) in [6.07, 6.45) is 8.73. The van der Waals surface area contributed by atoms with E-state index < -0.39 is 36.6 Å². The molecular formula is C31H38F2N4O5S2. The fourth-order valence-corrected chi connectivity index (χ4v) is 9.57. The number of hydrogen-bond donors (Lipinski definition) is 2. The molecule has 0 spiro atoms. The van der Waals surface area contributed by atoms with Gasteiger partial charge in [-0.05, 0) is 86.0 Å². The topological polar surface area (TPSA) is 120 Å². The number of sulfonamides is 1. The second-order valence-electron chi connectivity index (χ2n) is 11.9. The van der Waals surface area contributed by atoms with Crippen LogP contribution in [0.1, 0.15) is 42.7 Å². The van der Waals surface area contributed by atoms with Gasteiger partial charge in [0.25, 0.3) is 0 Å². The normalized spacial score (nSPS) is 18.8. The highest BCUT2D eigenvalue weighted by molar-refractivity contribution is 8.06. The molecule has 2 N–H and O–H groups in total. The van der Waals surface area contributed by atoms with Gasteiger partial charge in [-0.1, -0.05) is 18.2 Å². The number of aromatic amines is 1. The van der Waals surface area contributed by atoms with E-state index in [1.807, 2.05) is 12.1 Å². The Kier molecular flexibility index (Phi) is 9.88. The second-order valence-corrected chi connectivity index (χ2v) is 16.2. The lowest BCUT2D eigenvalue weighted by atomic mass is 9.84. The number of H-pyrrole nitrogens is 1. The zero-order chi connectivity index (χ0) is 31.5. The number of para-hydroxylation sites is 1. The molecule has 0 bridgehead atoms. The molecule has 44 heavy (non-hydrogen) atoms. The van der Waals surface area contributed by atoms with Crippen molar-refractivity contribution in [3.05, 3.63) is 77.5 Å². The molecule has 9 nitrogen and oxygen atoms in total. The van der Waals surface area contributed by atoms with E-state index in [-0.39, 0.29) is 30.0 Å². The highest BCUT2D eigenvalue weighted by Crippen LogP contribution is 2.35. The molecule has 0 aliphatic carbocycles. The van der Waals surface area contributed by atoms with Crippen molar-refractivity contribution in [3.63, 3.8) is 0 Å². The predicted octanol–water partition coefficient (Wildman–Crippen LogP) is 3.87. The molecule has 1 amide bonds. The Hall–Kier alpha value is -3.13. The number of halogens is 2. The minimum atomic E-state index is -4.04. The summed E-state index contributed by atoms with van der Waals surface area (Å²) in [4.78, 5) is 20.2. The number of rotatable bonds is 10. The summed E-state index contributed by atoms with van der Waals surface area (Å²) in [5.74, 6) is -1.27. The predicted molar refractivity (Wildman–Crippen MR) is 167 cm³/mol. The first-order valence-electron chi connectivity index (χ1n) is 14.7. The lowest BCUT2D eigenvalue weighted by Gasteiger charge is -2.44. The number of hydrogen-bond acceptors (Lipinski definition) is 6. The van der Waals surface area contributed by atoms with Crippen LogP contribution in [0.4, 0.5) is 8.78 Å². The summed E-state index contributed by atoms with van der Waals surface area (Å²) < 4.78 is 78.2. The molecule has 1 unspecified atom stereocenters. The number of aromatic nitrogens is 1. The smallest absolute Gasteiger partial charge is 0.246 e. The number of carbonyl (C=O) groups is 1. The van der Waals surface area contributed by atoms with Gasteiger partial charge in [0.15, 0.2) is 14.9 Å². The van der Waals surface area contributed by atoms with Crippen molar-refractivity contribution in [2.24, 2.45) is 5.92 Å². The van der Waals surface area contributed by atoms with Crippen LogP contribution in [0.25, 0.3) is 17.0 Å². The van der Waals surface area contributed by atoms with Crippen LogP contribution in [-0.4, -0.2) is 87.6 Å². The van der Waals surface area contributed by atoms with E-state index in [1.165, 1.54) is 23.1 Å². The molecule has 1 aromatic heterocycles. The molecule has 1 atom stereocenters. The Morgan fingerprint density at radius 1 is 1.00 bits per heavy atom. The molecule has 2 aromatic carbocycles. The SMILES string of the molecule is CS(=O)(=O)CS(=O)(=O)NCC(C1CCN(C(=O)C=Cc2cc(F)cc(F)c2)CC1)N1CCC(c2c[nH]c3ccccc23)CC1. The molecule has 13 heteroatoms. The Morgan fingerprint density at radius 3 is 2.32 bits per heavy atom. The fourth-order valence-electron chi connectivity index (χ4n) is 6.55. The Bertz CT molecular complexity index is 1710. The van der Waals surface area contributed by atoms with Crippen LogP contribution in [0.2, 0.25) is 0 Å². The number of sulfone groups is 1. The molecule has 2 aliphatic rings. The van der Waals surface area contributed by atoms with Crippen molar-refractivity contribution in [3.8, 4) is 0 Å². The maximum absolute atomic E-state index is 13.5. The fraction of sp³-hybridized carbons (Fsp3) is 0.452. The van der Waals surface area contributed by atoms with Gasteiger partial charge in [-0.3, -0.25) is 9.69 Å². The van der Waals surface area contributed by atoms with Gasteiger partial charge in [0.2, 0.25) is 15.9 Å². The monoisotopic (exact) mass is 648 g/mol. The van der Waals surface area contributed by atoms with E-state index in [0.717, 1.165) is 55.9 Å². The quantitative estimate of drug-likeness (QED) is 0.323. The summed E-state index contributed by atoms with van der Waals surface area (Å²) in [6.45, 7) is 2.50. The van der Waals surface area contributed by atoms with Crippen molar-refractivity contribution in [1.29, 1.82) is 0 Å². The first kappa shape index (κ1) is 32.3. The molecule has 0 saturated carbocycles. The van der Waals surface area contributed by atoms with E-state index in [2.05, 4.69) is 32.9 Å². The molecule has 3 aromatic rings. The van der Waals surface area contributed by atoms with Crippen LogP contribution in [0, 0.1) is 17.6 Å². The van der Waals surface area contributed by atoms with Crippen LogP contribution in [0.5, 0.6) is 0 Å². The number of nitrogens with one attached hydrogen (secondary N) is 2. The van der Waals surface area contributed by atoms with Gasteiger partial charge in [0.05, 0.1) is 0 Å². The minimum Gasteiger partial charge on any atom is -0.361 e. The third-order valence-corrected chi connectivity index (χ3v) is 12.2. The van der Waals surface area contributed by atoms with Gasteiger partial charge < -0.3 is 9.88 Å². The standard InChI is InChI=1S/C31H38F2N4O5S2/c1-43(39,40)21-44(41,42)35-20-30(36-12-8-23(9-13-36)28-19-34-29-5-3-2-4-27(28)29)24-10-14-37(15-11-24)31(38)7-6-22-16-25(32)18-26(33)17-22/h2-7,16-19,23-24,30,34-35H,8-15,20-21H2,1H3. The van der Waals surface area contributed by atoms with E-state index in [1.54, 1.807) is 4.90 Å². The number of amides is 1. The van der Waals surface area contributed by atoms with Crippen molar-refractivity contribution < 1.29 is 30.4 Å². The van der Waals surface area contributed by atoms with Gasteiger partial charge >= 0.3 is 0 Å². The molecule has 5 rings (SSSR count). The van der Waals surface area contributed by atoms with E-state index in [4.69, 9.17) is 0 Å². The van der Waals surface area contributed by atoms with Gasteiger partial charge in [0, 0.05) is 61.2 Å². The Morgan fingerprint density at radius 2 is 1.66 bits per heavy atom. The number of carbonyl (C=O) groups excluding carboxylic acids is 1. The highest BCUT2D eigenvalue weighted by atomic mass is 32.3. The average molecular weight is 649 g/mol. The maximum atomic E-state index is 13.5. The lowest BCUT2D eigenvalue weighted by Crippen LogP contribution is -2.53. The van der Waals surface area contributed by atoms with Crippen molar-refractivity contribution >= 4 is 42.7 Å². The van der Waals surface area contributed by atoms with Gasteiger partial charge in [-0.2, -0.15) is 0 Å². The number of nitrogens with zero attached hydrogens (tertiary/aromatic N) is 2. The Labute approximate surface area is 257 Å². The number of likely N-dealkylation sites (tertiary alicyclic amines) is 2. The van der Waals surface area contributed by atoms with Crippen LogP contribution in [0.15, 0.2) is 54.7 Å². The molecular weight excluding hydrogens is 610 g/mol. The summed E-state index contributed by atoms with van der Waals surface area (Å²) in [6, 6.07) is 11.1. The van der Waals surface area contributed by atoms with E-state index >= 15 is 0 Å². The third kappa shape index (κ3) is 8.32. The van der Waals surface area contributed by atoms with Gasteiger partial charge in [0.1, 0.15) is 11.6 Å². The van der Waals surface area contributed by atoms with Crippen molar-refractivity contribution in [2.75, 3.05) is 44.1 Å². The summed E-state index contributed by atoms with van der Waals surface area (Å²) in [5, 5.41) is 0.244. The molecule has 3 heterocycles. The Balaban J connectivity index is 1.24. The van der Waals surface area contributed by atoms with Crippen LogP contribution >= 0.6 is 0 Å². The van der Waals surface area contributed by atoms with Gasteiger partial charge in [-0.15, -0.1) is 0 Å². The summed E-state index contributed by atoms with van der Waals surface area (Å²) >= 11 is 0. The second kappa shape index (κ2) is 13.5. The largest absolute Gasteiger partial charge is 0.361 e. The van der Waals surface area contributed by atoms with Crippen molar-refractivity contribution in [2.45, 2.75) is 37.6 Å². The van der Waals surface area contributed by atoms with Crippen LogP contribution in [-0.2, 0) is 24.7 Å². The van der Waals surface area contributed by atoms with E-state index in [0.29, 0.717) is 31.8 Å². The van der Waals surface area contributed by atoms with Gasteiger partial charge in [-0.25, -0.2) is 30.3 Å². The minimum absolute atomic E-state index is 0.0749. The van der Waals surface area contributed by atoms with Crippen LogP contribution < -0.4 is 4.72 Å². The highest BCUT2D eigenvalue weighted by Gasteiger charge is 2.35. The summed E-state index contributed by atoms with van der Waals surface area (Å²) in [5.41, 5.74) is 2.64. The average Bonchev–Trinajstić information content (AvgIpc) is 3.39. The summed E-state index contributed by atoms with van der Waals surface area (Å²) in [7, 11) is -7.78. The van der Waals surface area contributed by atoms with Crippen LogP contribution in [0.3, 0.4) is 0 Å². The molecule has 2 aliphatic heterocycles. The number of piperidine rings is 2. The maximum Gasteiger partial charge on any atom is 0.246 e.